The third-order valence-electron chi connectivity index (χ3n) is 4.60. The molecule has 0 spiro atoms. The van der Waals surface area contributed by atoms with Crippen molar-refractivity contribution in [1.29, 1.82) is 0 Å². The minimum absolute atomic E-state index is 0.137. The predicted octanol–water partition coefficient (Wildman–Crippen LogP) is 3.75. The van der Waals surface area contributed by atoms with Crippen LogP contribution in [0.25, 0.3) is 0 Å². The molecule has 0 aliphatic carbocycles. The number of benzene rings is 1. The summed E-state index contributed by atoms with van der Waals surface area (Å²) < 4.78 is 27.0. The first kappa shape index (κ1) is 25.0. The number of aliphatic imine (C=N–C) groups is 1. The Morgan fingerprint density at radius 2 is 1.94 bits per heavy atom. The quantitative estimate of drug-likeness (QED) is 0.421. The molecule has 2 aromatic rings. The van der Waals surface area contributed by atoms with E-state index in [1.165, 1.54) is 23.5 Å². The van der Waals surface area contributed by atoms with Crippen LogP contribution in [0.1, 0.15) is 25.1 Å². The predicted molar refractivity (Wildman–Crippen MR) is 128 cm³/mol. The van der Waals surface area contributed by atoms with Gasteiger partial charge in [-0.15, -0.1) is 0 Å². The fraction of sp³-hybridized carbons (Fsp3) is 0.261. The number of nitrogens with one attached hydrogen (secondary N) is 2. The molecule has 1 aromatic heterocycles. The molecule has 2 N–H and O–H groups in total. The summed E-state index contributed by atoms with van der Waals surface area (Å²) in [4.78, 5) is 20.1. The van der Waals surface area contributed by atoms with E-state index in [9.17, 15) is 13.2 Å². The molecule has 1 aromatic carbocycles. The number of urea groups is 1. The summed E-state index contributed by atoms with van der Waals surface area (Å²) in [7, 11) is -2.18. The number of aromatic nitrogens is 1. The second-order valence-electron chi connectivity index (χ2n) is 7.14. The van der Waals surface area contributed by atoms with Gasteiger partial charge in [-0.1, -0.05) is 24.6 Å². The number of rotatable bonds is 10. The lowest BCUT2D eigenvalue weighted by Gasteiger charge is -2.17. The largest absolute Gasteiger partial charge is 0.334 e. The fourth-order valence-electron chi connectivity index (χ4n) is 2.68. The molecule has 0 saturated heterocycles. The van der Waals surface area contributed by atoms with Crippen LogP contribution in [0.15, 0.2) is 76.4 Å². The van der Waals surface area contributed by atoms with Crippen LogP contribution in [0.4, 0.5) is 10.5 Å². The maximum Gasteiger partial charge on any atom is 0.319 e. The van der Waals surface area contributed by atoms with E-state index in [0.29, 0.717) is 17.9 Å². The van der Waals surface area contributed by atoms with E-state index in [1.807, 2.05) is 32.1 Å². The molecule has 0 radical (unpaired) electrons. The molecule has 9 heteroatoms. The van der Waals surface area contributed by atoms with Gasteiger partial charge in [0.15, 0.2) is 0 Å². The van der Waals surface area contributed by atoms with Crippen molar-refractivity contribution >= 4 is 28.5 Å². The number of anilines is 1. The van der Waals surface area contributed by atoms with Crippen LogP contribution in [0.3, 0.4) is 0 Å². The van der Waals surface area contributed by atoms with E-state index in [0.717, 1.165) is 17.6 Å². The molecule has 2 amide bonds. The number of hydrogen-bond donors (Lipinski definition) is 2. The van der Waals surface area contributed by atoms with Crippen LogP contribution < -0.4 is 10.6 Å². The summed E-state index contributed by atoms with van der Waals surface area (Å²) in [6.07, 6.45) is 7.73. The number of amides is 2. The van der Waals surface area contributed by atoms with Gasteiger partial charge in [-0.05, 0) is 62.0 Å². The number of nitrogens with zero attached hydrogens (tertiary/aromatic N) is 3. The fourth-order valence-corrected chi connectivity index (χ4v) is 3.83. The van der Waals surface area contributed by atoms with Gasteiger partial charge >= 0.3 is 6.03 Å². The van der Waals surface area contributed by atoms with E-state index in [-0.39, 0.29) is 11.4 Å². The monoisotopic (exact) mass is 455 g/mol. The van der Waals surface area contributed by atoms with Gasteiger partial charge in [0.05, 0.1) is 17.1 Å². The molecule has 170 valence electrons. The maximum absolute atomic E-state index is 12.9. The summed E-state index contributed by atoms with van der Waals surface area (Å²) in [6, 6.07) is 9.42. The van der Waals surface area contributed by atoms with Crippen LogP contribution >= 0.6 is 0 Å². The Morgan fingerprint density at radius 1 is 1.22 bits per heavy atom. The van der Waals surface area contributed by atoms with Crippen molar-refractivity contribution in [2.75, 3.05) is 18.9 Å². The van der Waals surface area contributed by atoms with Crippen molar-refractivity contribution in [1.82, 2.24) is 14.6 Å². The molecular formula is C23H29N5O3S. The first-order valence-corrected chi connectivity index (χ1v) is 11.5. The number of sulfonamides is 1. The van der Waals surface area contributed by atoms with Crippen molar-refractivity contribution in [2.24, 2.45) is 4.99 Å². The Labute approximate surface area is 189 Å². The molecule has 0 unspecified atom stereocenters. The topological polar surface area (TPSA) is 104 Å². The Hall–Kier alpha value is -3.30. The Balaban J connectivity index is 1.96. The molecule has 0 bridgehead atoms. The van der Waals surface area contributed by atoms with Crippen molar-refractivity contribution in [2.45, 2.75) is 31.7 Å². The lowest BCUT2D eigenvalue weighted by atomic mass is 10.2. The summed E-state index contributed by atoms with van der Waals surface area (Å²) in [5, 5.41) is 5.41. The van der Waals surface area contributed by atoms with Crippen molar-refractivity contribution in [3.05, 3.63) is 77.8 Å². The zero-order valence-electron chi connectivity index (χ0n) is 18.6. The third-order valence-corrected chi connectivity index (χ3v) is 6.42. The van der Waals surface area contributed by atoms with Crippen LogP contribution in [0.5, 0.6) is 0 Å². The second kappa shape index (κ2) is 11.9. The zero-order chi connectivity index (χ0) is 23.6. The van der Waals surface area contributed by atoms with Crippen molar-refractivity contribution < 1.29 is 13.2 Å². The van der Waals surface area contributed by atoms with Crippen LogP contribution in [-0.4, -0.2) is 44.0 Å². The first-order valence-electron chi connectivity index (χ1n) is 10.1. The summed E-state index contributed by atoms with van der Waals surface area (Å²) in [5.74, 6) is 0. The van der Waals surface area contributed by atoms with Gasteiger partial charge in [0.2, 0.25) is 10.0 Å². The number of pyridine rings is 1. The smallest absolute Gasteiger partial charge is 0.319 e. The molecule has 0 atom stereocenters. The lowest BCUT2D eigenvalue weighted by molar-refractivity contribution is 0.253. The maximum atomic E-state index is 12.9. The third kappa shape index (κ3) is 7.44. The van der Waals surface area contributed by atoms with E-state index in [2.05, 4.69) is 27.3 Å². The number of carbonyl (C=O) groups is 1. The van der Waals surface area contributed by atoms with Gasteiger partial charge in [-0.3, -0.25) is 9.98 Å². The molecular weight excluding hydrogens is 426 g/mol. The van der Waals surface area contributed by atoms with Gasteiger partial charge in [-0.25, -0.2) is 13.2 Å². The van der Waals surface area contributed by atoms with E-state index in [1.54, 1.807) is 30.6 Å². The van der Waals surface area contributed by atoms with E-state index in [4.69, 9.17) is 0 Å². The second-order valence-corrected chi connectivity index (χ2v) is 9.19. The number of allylic oxidation sites excluding steroid dienone is 2. The SMILES string of the molecule is C=N/C=C\C=C(/C)CNC(=O)Nc1ccc(S(=O)(=O)N(C)Cc2ccc(CC)cn2)cc1. The van der Waals surface area contributed by atoms with Crippen molar-refractivity contribution in [3.8, 4) is 0 Å². The molecule has 32 heavy (non-hydrogen) atoms. The Morgan fingerprint density at radius 3 is 2.53 bits per heavy atom. The first-order chi connectivity index (χ1) is 15.3. The highest BCUT2D eigenvalue weighted by Crippen LogP contribution is 2.19. The molecule has 0 aliphatic heterocycles. The molecule has 0 saturated carbocycles. The van der Waals surface area contributed by atoms with Crippen LogP contribution in [0.2, 0.25) is 0 Å². The van der Waals surface area contributed by atoms with E-state index >= 15 is 0 Å². The average molecular weight is 456 g/mol. The van der Waals surface area contributed by atoms with Gasteiger partial charge in [0.1, 0.15) is 0 Å². The molecule has 0 fully saturated rings. The normalized spacial score (nSPS) is 12.2. The highest BCUT2D eigenvalue weighted by molar-refractivity contribution is 7.89. The molecule has 8 nitrogen and oxygen atoms in total. The van der Waals surface area contributed by atoms with Gasteiger partial charge < -0.3 is 10.6 Å². The summed E-state index contributed by atoms with van der Waals surface area (Å²) in [5.41, 5.74) is 3.19. The number of aryl methyl sites for hydroxylation is 1. The van der Waals surface area contributed by atoms with E-state index < -0.39 is 16.1 Å². The molecule has 2 rings (SSSR count). The number of carbonyl (C=O) groups excluding carboxylic acids is 1. The summed E-state index contributed by atoms with van der Waals surface area (Å²) >= 11 is 0. The highest BCUT2D eigenvalue weighted by Gasteiger charge is 2.21. The Kier molecular flexibility index (Phi) is 9.30. The molecule has 0 aliphatic rings. The van der Waals surface area contributed by atoms with Gasteiger partial charge in [0, 0.05) is 31.7 Å². The van der Waals surface area contributed by atoms with Crippen LogP contribution in [-0.2, 0) is 23.0 Å². The number of hydrogen-bond acceptors (Lipinski definition) is 5. The minimum atomic E-state index is -3.69. The average Bonchev–Trinajstić information content (AvgIpc) is 2.78. The standard InChI is InChI=1S/C23H29N5O3S/c1-5-19-8-9-21(25-16-19)17-28(4)32(30,31)22-12-10-20(11-13-22)27-23(29)26-15-18(2)7-6-14-24-3/h6-14,16H,3,5,15,17H2,1-2,4H3,(H2,26,27,29)/b14-6-,18-7+. The van der Waals surface area contributed by atoms with Crippen LogP contribution in [0, 0.1) is 0 Å². The minimum Gasteiger partial charge on any atom is -0.334 e. The van der Waals surface area contributed by atoms with Gasteiger partial charge in [-0.2, -0.15) is 4.31 Å². The van der Waals surface area contributed by atoms with Gasteiger partial charge in [0.25, 0.3) is 0 Å². The lowest BCUT2D eigenvalue weighted by Crippen LogP contribution is -2.30. The highest BCUT2D eigenvalue weighted by atomic mass is 32.2. The summed E-state index contributed by atoms with van der Waals surface area (Å²) in [6.45, 7) is 7.78. The molecule has 1 heterocycles. The Bertz CT molecular complexity index is 1080. The van der Waals surface area contributed by atoms with Crippen molar-refractivity contribution in [3.63, 3.8) is 0 Å². The zero-order valence-corrected chi connectivity index (χ0v) is 19.4.